The third kappa shape index (κ3) is 3.41. The maximum Gasteiger partial charge on any atom is 0.430 e. The molecule has 0 saturated carbocycles. The van der Waals surface area contributed by atoms with E-state index in [-0.39, 0.29) is 11.6 Å². The summed E-state index contributed by atoms with van der Waals surface area (Å²) in [6.45, 7) is 4.22. The highest BCUT2D eigenvalue weighted by molar-refractivity contribution is 5.89. The number of rotatable bonds is 3. The number of alkyl halides is 6. The number of halogens is 6. The van der Waals surface area contributed by atoms with Crippen LogP contribution < -0.4 is 4.74 Å². The Morgan fingerprint density at radius 3 is 2.00 bits per heavy atom. The first-order valence-electron chi connectivity index (χ1n) is 5.79. The lowest BCUT2D eigenvalue weighted by atomic mass is 9.91. The molecule has 0 aliphatic rings. The van der Waals surface area contributed by atoms with Gasteiger partial charge >= 0.3 is 18.3 Å². The molecule has 0 atom stereocenters. The average Bonchev–Trinajstić information content (AvgIpc) is 2.35. The van der Waals surface area contributed by atoms with E-state index in [4.69, 9.17) is 0 Å². The number of ether oxygens (including phenoxy) is 1. The fourth-order valence-corrected chi connectivity index (χ4v) is 1.55. The Bertz CT molecular complexity index is 618. The number of benzene rings is 1. The topological polar surface area (TPSA) is 66.8 Å². The van der Waals surface area contributed by atoms with Gasteiger partial charge in [0.1, 0.15) is 11.5 Å². The van der Waals surface area contributed by atoms with Crippen molar-refractivity contribution < 1.29 is 46.1 Å². The molecule has 0 saturated heterocycles. The summed E-state index contributed by atoms with van der Waals surface area (Å²) in [7, 11) is 0. The number of phenols is 1. The number of hydrogen-bond acceptors (Lipinski definition) is 4. The minimum atomic E-state index is -6.16. The van der Waals surface area contributed by atoms with Crippen LogP contribution in [0.1, 0.15) is 12.5 Å². The normalized spacial score (nSPS) is 12.9. The quantitative estimate of drug-likeness (QED) is 0.383. The third-order valence-corrected chi connectivity index (χ3v) is 2.73. The summed E-state index contributed by atoms with van der Waals surface area (Å²) < 4.78 is 81.6. The van der Waals surface area contributed by atoms with Crippen LogP contribution in [-0.2, 0) is 10.4 Å². The van der Waals surface area contributed by atoms with Crippen molar-refractivity contribution in [2.45, 2.75) is 24.9 Å². The van der Waals surface area contributed by atoms with E-state index in [1.54, 1.807) is 0 Å². The Morgan fingerprint density at radius 2 is 1.61 bits per heavy atom. The first kappa shape index (κ1) is 18.8. The fourth-order valence-electron chi connectivity index (χ4n) is 1.55. The molecule has 0 bridgehead atoms. The molecule has 1 aromatic rings. The van der Waals surface area contributed by atoms with Crippen LogP contribution in [0.15, 0.2) is 30.4 Å². The summed E-state index contributed by atoms with van der Waals surface area (Å²) in [5.74, 6) is -3.40. The number of aliphatic hydroxyl groups is 1. The van der Waals surface area contributed by atoms with E-state index in [0.29, 0.717) is 12.1 Å². The van der Waals surface area contributed by atoms with Gasteiger partial charge in [-0.25, -0.2) is 4.79 Å². The summed E-state index contributed by atoms with van der Waals surface area (Å²) in [5, 5.41) is 18.5. The number of aromatic hydroxyl groups is 1. The van der Waals surface area contributed by atoms with Crippen molar-refractivity contribution in [3.05, 3.63) is 35.9 Å². The predicted molar refractivity (Wildman–Crippen MR) is 64.6 cm³/mol. The second-order valence-electron chi connectivity index (χ2n) is 4.56. The van der Waals surface area contributed by atoms with Crippen LogP contribution in [0.5, 0.6) is 11.5 Å². The van der Waals surface area contributed by atoms with Crippen LogP contribution >= 0.6 is 0 Å². The van der Waals surface area contributed by atoms with E-state index in [0.717, 1.165) is 6.92 Å². The van der Waals surface area contributed by atoms with E-state index in [1.807, 2.05) is 0 Å². The molecule has 0 aromatic heterocycles. The van der Waals surface area contributed by atoms with Gasteiger partial charge in [0.05, 0.1) is 0 Å². The lowest BCUT2D eigenvalue weighted by molar-refractivity contribution is -0.376. The average molecular weight is 344 g/mol. The second kappa shape index (κ2) is 5.76. The molecule has 10 heteroatoms. The third-order valence-electron chi connectivity index (χ3n) is 2.73. The van der Waals surface area contributed by atoms with Crippen LogP contribution in [0, 0.1) is 0 Å². The zero-order chi connectivity index (χ0) is 18.2. The van der Waals surface area contributed by atoms with E-state index in [2.05, 4.69) is 11.3 Å². The molecule has 0 aliphatic heterocycles. The smallest absolute Gasteiger partial charge is 0.430 e. The van der Waals surface area contributed by atoms with Gasteiger partial charge in [-0.2, -0.15) is 26.3 Å². The molecule has 23 heavy (non-hydrogen) atoms. The summed E-state index contributed by atoms with van der Waals surface area (Å²) in [6, 6.07) is 0.992. The van der Waals surface area contributed by atoms with Crippen LogP contribution in [0.3, 0.4) is 0 Å². The Hall–Kier alpha value is -2.23. The largest absolute Gasteiger partial charge is 0.508 e. The molecule has 0 amide bonds. The van der Waals surface area contributed by atoms with Gasteiger partial charge in [0.2, 0.25) is 0 Å². The van der Waals surface area contributed by atoms with Crippen molar-refractivity contribution in [1.29, 1.82) is 0 Å². The van der Waals surface area contributed by atoms with Crippen LogP contribution in [0.25, 0.3) is 0 Å². The highest BCUT2D eigenvalue weighted by Gasteiger charge is 2.72. The monoisotopic (exact) mass is 344 g/mol. The van der Waals surface area contributed by atoms with Gasteiger partial charge < -0.3 is 14.9 Å². The van der Waals surface area contributed by atoms with Crippen LogP contribution in [0.4, 0.5) is 26.3 Å². The van der Waals surface area contributed by atoms with E-state index in [9.17, 15) is 41.4 Å². The van der Waals surface area contributed by atoms with Crippen LogP contribution in [-0.4, -0.2) is 28.5 Å². The number of hydrogen-bond donors (Lipinski definition) is 2. The highest BCUT2D eigenvalue weighted by atomic mass is 19.4. The molecule has 1 aromatic carbocycles. The summed E-state index contributed by atoms with van der Waals surface area (Å²) in [5.41, 5.74) is -7.40. The predicted octanol–water partition coefficient (Wildman–Crippen LogP) is 3.19. The summed E-state index contributed by atoms with van der Waals surface area (Å²) in [6.07, 6.45) is -12.3. The zero-order valence-electron chi connectivity index (χ0n) is 11.4. The molecule has 128 valence electrons. The van der Waals surface area contributed by atoms with Gasteiger partial charge in [-0.1, -0.05) is 6.58 Å². The van der Waals surface area contributed by atoms with Crippen molar-refractivity contribution in [1.82, 2.24) is 0 Å². The Morgan fingerprint density at radius 1 is 1.13 bits per heavy atom. The molecule has 0 heterocycles. The van der Waals surface area contributed by atoms with Gasteiger partial charge in [0.15, 0.2) is 0 Å². The van der Waals surface area contributed by atoms with Crippen molar-refractivity contribution in [3.63, 3.8) is 0 Å². The maximum atomic E-state index is 12.9. The van der Waals surface area contributed by atoms with Crippen molar-refractivity contribution in [2.75, 3.05) is 0 Å². The summed E-state index contributed by atoms with van der Waals surface area (Å²) >= 11 is 0. The highest BCUT2D eigenvalue weighted by Crippen LogP contribution is 2.52. The molecular weight excluding hydrogens is 334 g/mol. The maximum absolute atomic E-state index is 12.9. The molecular formula is C13H10F6O4. The minimum absolute atomic E-state index is 0.164. The van der Waals surface area contributed by atoms with Crippen molar-refractivity contribution >= 4 is 5.97 Å². The fraction of sp³-hybridized carbons (Fsp3) is 0.308. The summed E-state index contributed by atoms with van der Waals surface area (Å²) in [4.78, 5) is 11.4. The molecule has 0 aliphatic carbocycles. The number of carbonyl (C=O) groups excluding carboxylic acids is 1. The van der Waals surface area contributed by atoms with E-state index >= 15 is 0 Å². The molecule has 0 fully saturated rings. The van der Waals surface area contributed by atoms with E-state index < -0.39 is 41.0 Å². The van der Waals surface area contributed by atoms with Crippen molar-refractivity contribution in [2.24, 2.45) is 0 Å². The molecule has 2 N–H and O–H groups in total. The van der Waals surface area contributed by atoms with Crippen LogP contribution in [0.2, 0.25) is 0 Å². The minimum Gasteiger partial charge on any atom is -0.508 e. The lowest BCUT2D eigenvalue weighted by Gasteiger charge is -2.33. The Balaban J connectivity index is 3.62. The zero-order valence-corrected chi connectivity index (χ0v) is 11.4. The van der Waals surface area contributed by atoms with E-state index in [1.165, 1.54) is 0 Å². The van der Waals surface area contributed by atoms with Crippen molar-refractivity contribution in [3.8, 4) is 11.5 Å². The Kier molecular flexibility index (Phi) is 4.71. The first-order chi connectivity index (χ1) is 10.2. The SMILES string of the molecule is C=C(C)C(=O)Oc1cc(O)ccc1C(O)(C(F)(F)F)C(F)(F)F. The number of esters is 1. The van der Waals surface area contributed by atoms with Gasteiger partial charge in [-0.15, -0.1) is 0 Å². The Labute approximate surface area is 125 Å². The second-order valence-corrected chi connectivity index (χ2v) is 4.56. The van der Waals surface area contributed by atoms with Gasteiger partial charge in [-0.3, -0.25) is 0 Å². The van der Waals surface area contributed by atoms with Gasteiger partial charge in [0.25, 0.3) is 5.60 Å². The van der Waals surface area contributed by atoms with Gasteiger partial charge in [-0.05, 0) is 19.1 Å². The molecule has 1 rings (SSSR count). The molecule has 0 unspecified atom stereocenters. The standard InChI is InChI=1S/C13H10F6O4/c1-6(2)10(21)23-9-5-7(20)3-4-8(9)11(22,12(14,15)16)13(17,18)19/h3-5,20,22H,1H2,2H3. The first-order valence-corrected chi connectivity index (χ1v) is 5.79. The number of carbonyl (C=O) groups is 1. The number of phenolic OH excluding ortho intramolecular Hbond substituents is 1. The lowest BCUT2D eigenvalue weighted by Crippen LogP contribution is -2.54. The van der Waals surface area contributed by atoms with Gasteiger partial charge in [0, 0.05) is 17.2 Å². The molecule has 0 spiro atoms. The molecule has 4 nitrogen and oxygen atoms in total. The molecule has 0 radical (unpaired) electrons.